The Hall–Kier alpha value is -0.990. The van der Waals surface area contributed by atoms with Gasteiger partial charge in [0.15, 0.2) is 0 Å². The van der Waals surface area contributed by atoms with Gasteiger partial charge in [0.25, 0.3) is 0 Å². The zero-order valence-corrected chi connectivity index (χ0v) is 7.29. The first-order valence-electron chi connectivity index (χ1n) is 3.74. The second-order valence-electron chi connectivity index (χ2n) is 2.83. The highest BCUT2D eigenvalue weighted by molar-refractivity contribution is 5.77. The lowest BCUT2D eigenvalue weighted by Crippen LogP contribution is -2.02. The molecule has 0 amide bonds. The molecule has 0 aromatic heterocycles. The second-order valence-corrected chi connectivity index (χ2v) is 2.83. The van der Waals surface area contributed by atoms with Crippen LogP contribution in [0.5, 0.6) is 0 Å². The highest BCUT2D eigenvalue weighted by Gasteiger charge is 2.08. The topological polar surface area (TPSA) is 24.8 Å². The van der Waals surface area contributed by atoms with Gasteiger partial charge in [-0.1, -0.05) is 0 Å². The molecule has 0 saturated carbocycles. The fourth-order valence-corrected chi connectivity index (χ4v) is 0.876. The van der Waals surface area contributed by atoms with Gasteiger partial charge in [-0.2, -0.15) is 5.10 Å². The Bertz CT molecular complexity index is 194. The van der Waals surface area contributed by atoms with Gasteiger partial charge in [0, 0.05) is 20.5 Å². The van der Waals surface area contributed by atoms with Crippen molar-refractivity contribution in [3.63, 3.8) is 0 Å². The quantitative estimate of drug-likeness (QED) is 0.441. The molecule has 0 aromatic rings. The molecule has 3 nitrogen and oxygen atoms in total. The van der Waals surface area contributed by atoms with Crippen molar-refractivity contribution in [1.29, 1.82) is 0 Å². The van der Waals surface area contributed by atoms with Crippen LogP contribution in [0.1, 0.15) is 13.3 Å². The fraction of sp³-hybridized carbons (Fsp3) is 0.625. The number of nitrogens with zero attached hydrogens (tertiary/aromatic N) is 2. The first-order chi connectivity index (χ1) is 5.20. The lowest BCUT2D eigenvalue weighted by atomic mass is 10.2. The van der Waals surface area contributed by atoms with Crippen LogP contribution in [0, 0.1) is 0 Å². The van der Waals surface area contributed by atoms with Crippen LogP contribution in [-0.4, -0.2) is 31.9 Å². The molecule has 0 unspecified atom stereocenters. The maximum absolute atomic E-state index is 5.32. The summed E-state index contributed by atoms with van der Waals surface area (Å²) in [4.78, 5) is 0. The van der Waals surface area contributed by atoms with E-state index < -0.39 is 0 Å². The number of hydrogen-bond donors (Lipinski definition) is 0. The van der Waals surface area contributed by atoms with Gasteiger partial charge in [-0.15, -0.1) is 0 Å². The number of allylic oxidation sites excluding steroid dienone is 1. The van der Waals surface area contributed by atoms with Crippen LogP contribution >= 0.6 is 0 Å². The van der Waals surface area contributed by atoms with Gasteiger partial charge < -0.3 is 9.75 Å². The van der Waals surface area contributed by atoms with E-state index in [1.165, 1.54) is 5.57 Å². The zero-order valence-electron chi connectivity index (χ0n) is 7.29. The van der Waals surface area contributed by atoms with Crippen LogP contribution in [0.25, 0.3) is 0 Å². The molecule has 0 spiro atoms. The molecule has 0 radical (unpaired) electrons. The molecule has 11 heavy (non-hydrogen) atoms. The van der Waals surface area contributed by atoms with Crippen molar-refractivity contribution in [3.05, 3.63) is 11.3 Å². The normalized spacial score (nSPS) is 17.7. The van der Waals surface area contributed by atoms with Crippen molar-refractivity contribution in [2.45, 2.75) is 13.3 Å². The lowest BCUT2D eigenvalue weighted by molar-refractivity contribution is 0.264. The Balaban J connectivity index is 2.54. The predicted molar refractivity (Wildman–Crippen MR) is 45.4 cm³/mol. The average Bonchev–Trinajstić information content (AvgIpc) is 2.31. The molecular weight excluding hydrogens is 140 g/mol. The van der Waals surface area contributed by atoms with Gasteiger partial charge in [0.2, 0.25) is 0 Å². The van der Waals surface area contributed by atoms with Gasteiger partial charge in [0.1, 0.15) is 5.76 Å². The minimum absolute atomic E-state index is 0.806. The van der Waals surface area contributed by atoms with E-state index >= 15 is 0 Å². The van der Waals surface area contributed by atoms with E-state index in [4.69, 9.17) is 4.74 Å². The largest absolute Gasteiger partial charge is 0.492 e. The van der Waals surface area contributed by atoms with E-state index in [-0.39, 0.29) is 0 Å². The van der Waals surface area contributed by atoms with Crippen LogP contribution in [-0.2, 0) is 4.74 Å². The maximum atomic E-state index is 5.32. The molecule has 3 heteroatoms. The van der Waals surface area contributed by atoms with E-state index in [1.807, 2.05) is 14.1 Å². The SMILES string of the molecule is CC1=C(/C=N/N(C)C)OCC1. The zero-order chi connectivity index (χ0) is 8.27. The Morgan fingerprint density at radius 3 is 2.73 bits per heavy atom. The van der Waals surface area contributed by atoms with E-state index in [0.29, 0.717) is 0 Å². The van der Waals surface area contributed by atoms with E-state index in [9.17, 15) is 0 Å². The van der Waals surface area contributed by atoms with Crippen molar-refractivity contribution in [2.75, 3.05) is 20.7 Å². The Kier molecular flexibility index (Phi) is 2.52. The van der Waals surface area contributed by atoms with Crippen LogP contribution < -0.4 is 0 Å². The van der Waals surface area contributed by atoms with Crippen LogP contribution in [0.2, 0.25) is 0 Å². The highest BCUT2D eigenvalue weighted by Crippen LogP contribution is 2.16. The monoisotopic (exact) mass is 154 g/mol. The Morgan fingerprint density at radius 1 is 1.55 bits per heavy atom. The molecule has 62 valence electrons. The standard InChI is InChI=1S/C8H14N2O/c1-7-4-5-11-8(7)6-9-10(2)3/h6H,4-5H2,1-3H3/b9-6+. The Morgan fingerprint density at radius 2 is 2.27 bits per heavy atom. The van der Waals surface area contributed by atoms with E-state index in [2.05, 4.69) is 12.0 Å². The fourth-order valence-electron chi connectivity index (χ4n) is 0.876. The van der Waals surface area contributed by atoms with Gasteiger partial charge in [-0.3, -0.25) is 0 Å². The molecular formula is C8H14N2O. The summed E-state index contributed by atoms with van der Waals surface area (Å²) in [7, 11) is 3.78. The van der Waals surface area contributed by atoms with Crippen LogP contribution in [0.4, 0.5) is 0 Å². The summed E-state index contributed by atoms with van der Waals surface area (Å²) in [5.74, 6) is 0.929. The second kappa shape index (κ2) is 3.42. The summed E-state index contributed by atoms with van der Waals surface area (Å²) < 4.78 is 5.32. The third kappa shape index (κ3) is 2.26. The Labute approximate surface area is 67.3 Å². The summed E-state index contributed by atoms with van der Waals surface area (Å²) in [6.07, 6.45) is 2.80. The molecule has 1 aliphatic rings. The average molecular weight is 154 g/mol. The number of hydrogen-bond acceptors (Lipinski definition) is 3. The van der Waals surface area contributed by atoms with Gasteiger partial charge in [-0.25, -0.2) is 0 Å². The van der Waals surface area contributed by atoms with Crippen molar-refractivity contribution < 1.29 is 4.74 Å². The number of rotatable bonds is 2. The minimum atomic E-state index is 0.806. The molecule has 0 N–H and O–H groups in total. The van der Waals surface area contributed by atoms with Crippen molar-refractivity contribution in [2.24, 2.45) is 5.10 Å². The molecule has 1 rings (SSSR count). The van der Waals surface area contributed by atoms with Crippen molar-refractivity contribution in [1.82, 2.24) is 5.01 Å². The van der Waals surface area contributed by atoms with Gasteiger partial charge in [-0.05, 0) is 12.5 Å². The predicted octanol–water partition coefficient (Wildman–Crippen LogP) is 1.23. The van der Waals surface area contributed by atoms with Crippen LogP contribution in [0.15, 0.2) is 16.4 Å². The van der Waals surface area contributed by atoms with Crippen molar-refractivity contribution >= 4 is 6.21 Å². The molecule has 0 atom stereocenters. The molecule has 1 aliphatic heterocycles. The smallest absolute Gasteiger partial charge is 0.138 e. The highest BCUT2D eigenvalue weighted by atomic mass is 16.5. The summed E-state index contributed by atoms with van der Waals surface area (Å²) >= 11 is 0. The lowest BCUT2D eigenvalue weighted by Gasteiger charge is -2.03. The maximum Gasteiger partial charge on any atom is 0.138 e. The van der Waals surface area contributed by atoms with E-state index in [1.54, 1.807) is 11.2 Å². The third-order valence-electron chi connectivity index (χ3n) is 1.56. The molecule has 0 saturated heterocycles. The summed E-state index contributed by atoms with van der Waals surface area (Å²) in [6.45, 7) is 2.88. The van der Waals surface area contributed by atoms with Gasteiger partial charge >= 0.3 is 0 Å². The molecule has 0 fully saturated rings. The number of ether oxygens (including phenoxy) is 1. The molecule has 0 aromatic carbocycles. The molecule has 0 aliphatic carbocycles. The van der Waals surface area contributed by atoms with Crippen molar-refractivity contribution in [3.8, 4) is 0 Å². The first kappa shape index (κ1) is 8.11. The minimum Gasteiger partial charge on any atom is -0.492 e. The summed E-state index contributed by atoms with van der Waals surface area (Å²) in [5, 5.41) is 5.83. The molecule has 1 heterocycles. The summed E-state index contributed by atoms with van der Waals surface area (Å²) in [5.41, 5.74) is 1.29. The third-order valence-corrected chi connectivity index (χ3v) is 1.56. The molecule has 0 bridgehead atoms. The number of hydrazone groups is 1. The summed E-state index contributed by atoms with van der Waals surface area (Å²) in [6, 6.07) is 0. The van der Waals surface area contributed by atoms with Gasteiger partial charge in [0.05, 0.1) is 12.8 Å². The van der Waals surface area contributed by atoms with Crippen LogP contribution in [0.3, 0.4) is 0 Å². The first-order valence-corrected chi connectivity index (χ1v) is 3.74. The van der Waals surface area contributed by atoms with E-state index in [0.717, 1.165) is 18.8 Å².